The molecule has 2 heterocycles. The molecule has 25 heavy (non-hydrogen) atoms. The zero-order chi connectivity index (χ0) is 17.6. The van der Waals surface area contributed by atoms with Gasteiger partial charge in [0.1, 0.15) is 12.2 Å². The summed E-state index contributed by atoms with van der Waals surface area (Å²) < 4.78 is 19.6. The van der Waals surface area contributed by atoms with Gasteiger partial charge in [-0.25, -0.2) is 4.39 Å². The molecule has 8 heteroatoms. The van der Waals surface area contributed by atoms with Crippen molar-refractivity contribution in [2.24, 2.45) is 5.41 Å². The summed E-state index contributed by atoms with van der Waals surface area (Å²) in [7, 11) is 0. The molecule has 0 radical (unpaired) electrons. The van der Waals surface area contributed by atoms with Crippen molar-refractivity contribution in [2.75, 3.05) is 18.4 Å². The monoisotopic (exact) mass is 364 g/mol. The number of likely N-dealkylation sites (tertiary alicyclic amines) is 1. The lowest BCUT2D eigenvalue weighted by Gasteiger charge is -2.20. The summed E-state index contributed by atoms with van der Waals surface area (Å²) >= 11 is 5.86. The second-order valence-corrected chi connectivity index (χ2v) is 7.27. The number of carbonyl (C=O) groups is 1. The lowest BCUT2D eigenvalue weighted by atomic mass is 10.1. The third-order valence-corrected chi connectivity index (χ3v) is 5.23. The highest BCUT2D eigenvalue weighted by Crippen LogP contribution is 2.54. The fourth-order valence-electron chi connectivity index (χ4n) is 3.24. The number of rotatable bonds is 4. The summed E-state index contributed by atoms with van der Waals surface area (Å²) in [5.74, 6) is 0.179. The molecular weight excluding hydrogens is 347 g/mol. The Morgan fingerprint density at radius 3 is 2.76 bits per heavy atom. The standard InChI is InChI=1S/C17H18ClFN4O2/c1-10(15(24)23-8-13(19)17(9-23)6-7-17)20-16-22-21-14(25-16)11-2-4-12(18)5-3-11/h2-5,10,13H,6-9H2,1H3,(H,20,22)/t10-,13+/m1/s1. The fraction of sp³-hybridized carbons (Fsp3) is 0.471. The molecule has 2 fully saturated rings. The van der Waals surface area contributed by atoms with E-state index in [9.17, 15) is 9.18 Å². The van der Waals surface area contributed by atoms with Crippen LogP contribution in [0.5, 0.6) is 0 Å². The first-order valence-electron chi connectivity index (χ1n) is 8.26. The molecule has 2 aromatic rings. The summed E-state index contributed by atoms with van der Waals surface area (Å²) in [6.07, 6.45) is 0.824. The maximum Gasteiger partial charge on any atom is 0.316 e. The van der Waals surface area contributed by atoms with Gasteiger partial charge in [0.05, 0.1) is 6.54 Å². The van der Waals surface area contributed by atoms with E-state index >= 15 is 0 Å². The first-order valence-corrected chi connectivity index (χ1v) is 8.63. The van der Waals surface area contributed by atoms with Gasteiger partial charge in [0, 0.05) is 22.5 Å². The maximum atomic E-state index is 14.0. The van der Waals surface area contributed by atoms with Crippen LogP contribution in [0.3, 0.4) is 0 Å². The Labute approximate surface area is 149 Å². The predicted molar refractivity (Wildman–Crippen MR) is 91.0 cm³/mol. The largest absolute Gasteiger partial charge is 0.403 e. The van der Waals surface area contributed by atoms with Crippen LogP contribution in [0.25, 0.3) is 11.5 Å². The van der Waals surface area contributed by atoms with Crippen molar-refractivity contribution in [1.29, 1.82) is 0 Å². The van der Waals surface area contributed by atoms with Crippen molar-refractivity contribution in [3.63, 3.8) is 0 Å². The highest BCUT2D eigenvalue weighted by atomic mass is 35.5. The Hall–Kier alpha value is -2.15. The highest BCUT2D eigenvalue weighted by Gasteiger charge is 2.56. The van der Waals surface area contributed by atoms with Crippen molar-refractivity contribution < 1.29 is 13.6 Å². The van der Waals surface area contributed by atoms with Crippen LogP contribution in [0.15, 0.2) is 28.7 Å². The van der Waals surface area contributed by atoms with E-state index in [0.717, 1.165) is 18.4 Å². The number of nitrogens with one attached hydrogen (secondary N) is 1. The maximum absolute atomic E-state index is 14.0. The van der Waals surface area contributed by atoms with Crippen LogP contribution in [-0.2, 0) is 4.79 Å². The minimum absolute atomic E-state index is 0.155. The molecule has 1 saturated heterocycles. The van der Waals surface area contributed by atoms with Gasteiger partial charge in [-0.1, -0.05) is 16.7 Å². The summed E-state index contributed by atoms with van der Waals surface area (Å²) in [4.78, 5) is 14.1. The Balaban J connectivity index is 1.40. The zero-order valence-electron chi connectivity index (χ0n) is 13.7. The predicted octanol–water partition coefficient (Wildman–Crippen LogP) is 3.15. The molecule has 1 amide bonds. The van der Waals surface area contributed by atoms with E-state index in [0.29, 0.717) is 17.5 Å². The molecule has 4 rings (SSSR count). The van der Waals surface area contributed by atoms with E-state index in [2.05, 4.69) is 15.5 Å². The van der Waals surface area contributed by atoms with Crippen molar-refractivity contribution in [2.45, 2.75) is 32.0 Å². The van der Waals surface area contributed by atoms with Gasteiger partial charge < -0.3 is 14.6 Å². The van der Waals surface area contributed by atoms with E-state index in [1.807, 2.05) is 0 Å². The van der Waals surface area contributed by atoms with Crippen LogP contribution in [0.2, 0.25) is 5.02 Å². The summed E-state index contributed by atoms with van der Waals surface area (Å²) in [5.41, 5.74) is 0.459. The van der Waals surface area contributed by atoms with Crippen LogP contribution in [-0.4, -0.2) is 46.3 Å². The highest BCUT2D eigenvalue weighted by molar-refractivity contribution is 6.30. The summed E-state index contributed by atoms with van der Waals surface area (Å²) in [6, 6.07) is 6.59. The fourth-order valence-corrected chi connectivity index (χ4v) is 3.37. The Morgan fingerprint density at radius 2 is 2.12 bits per heavy atom. The smallest absolute Gasteiger partial charge is 0.316 e. The normalized spacial score (nSPS) is 22.2. The molecule has 1 aromatic heterocycles. The molecule has 1 aliphatic carbocycles. The molecule has 1 saturated carbocycles. The molecule has 6 nitrogen and oxygen atoms in total. The van der Waals surface area contributed by atoms with Crippen LogP contribution >= 0.6 is 11.6 Å². The minimum atomic E-state index is -0.913. The Kier molecular flexibility index (Phi) is 3.91. The van der Waals surface area contributed by atoms with Crippen molar-refractivity contribution in [3.8, 4) is 11.5 Å². The van der Waals surface area contributed by atoms with Gasteiger partial charge in [0.25, 0.3) is 0 Å². The molecule has 0 bridgehead atoms. The molecule has 1 aliphatic heterocycles. The summed E-state index contributed by atoms with van der Waals surface area (Å²) in [5, 5.41) is 11.4. The Bertz CT molecular complexity index is 790. The first-order chi connectivity index (χ1) is 12.0. The number of carbonyl (C=O) groups excluding carboxylic acids is 1. The van der Waals surface area contributed by atoms with Crippen LogP contribution in [0.4, 0.5) is 10.4 Å². The van der Waals surface area contributed by atoms with Crippen molar-refractivity contribution in [1.82, 2.24) is 15.1 Å². The second kappa shape index (κ2) is 5.98. The van der Waals surface area contributed by atoms with Gasteiger partial charge in [-0.3, -0.25) is 4.79 Å². The van der Waals surface area contributed by atoms with E-state index in [1.165, 1.54) is 0 Å². The van der Waals surface area contributed by atoms with E-state index in [4.69, 9.17) is 16.0 Å². The molecule has 1 N–H and O–H groups in total. The van der Waals surface area contributed by atoms with Gasteiger partial charge >= 0.3 is 6.01 Å². The SMILES string of the molecule is C[C@@H](Nc1nnc(-c2ccc(Cl)cc2)o1)C(=O)N1C[C@H](F)C2(CC2)C1. The lowest BCUT2D eigenvalue weighted by molar-refractivity contribution is -0.131. The van der Waals surface area contributed by atoms with E-state index < -0.39 is 12.2 Å². The number of nitrogens with zero attached hydrogens (tertiary/aromatic N) is 3. The molecule has 132 valence electrons. The first kappa shape index (κ1) is 16.3. The molecule has 2 aliphatic rings. The number of anilines is 1. The number of hydrogen-bond acceptors (Lipinski definition) is 5. The number of alkyl halides is 1. The number of halogens is 2. The van der Waals surface area contributed by atoms with Gasteiger partial charge in [-0.2, -0.15) is 0 Å². The second-order valence-electron chi connectivity index (χ2n) is 6.83. The number of aromatic nitrogens is 2. The van der Waals surface area contributed by atoms with E-state index in [-0.39, 0.29) is 23.9 Å². The zero-order valence-corrected chi connectivity index (χ0v) is 14.5. The lowest BCUT2D eigenvalue weighted by Crippen LogP contribution is -2.40. The number of hydrogen-bond donors (Lipinski definition) is 1. The van der Waals surface area contributed by atoms with Crippen LogP contribution in [0.1, 0.15) is 19.8 Å². The van der Waals surface area contributed by atoms with Gasteiger partial charge in [0.15, 0.2) is 0 Å². The molecule has 0 unspecified atom stereocenters. The van der Waals surface area contributed by atoms with Gasteiger partial charge in [0.2, 0.25) is 11.8 Å². The number of benzene rings is 1. The van der Waals surface area contributed by atoms with Crippen LogP contribution in [0, 0.1) is 5.41 Å². The third kappa shape index (κ3) is 3.08. The molecule has 1 spiro atoms. The third-order valence-electron chi connectivity index (χ3n) is 4.98. The van der Waals surface area contributed by atoms with Gasteiger partial charge in [-0.15, -0.1) is 5.10 Å². The minimum Gasteiger partial charge on any atom is -0.403 e. The topological polar surface area (TPSA) is 71.3 Å². The van der Waals surface area contributed by atoms with Crippen LogP contribution < -0.4 is 5.32 Å². The quantitative estimate of drug-likeness (QED) is 0.902. The van der Waals surface area contributed by atoms with E-state index in [1.54, 1.807) is 36.1 Å². The molecular formula is C17H18ClFN4O2. The van der Waals surface area contributed by atoms with Gasteiger partial charge in [-0.05, 0) is 44.0 Å². The van der Waals surface area contributed by atoms with Crippen molar-refractivity contribution in [3.05, 3.63) is 29.3 Å². The Morgan fingerprint density at radius 1 is 1.40 bits per heavy atom. The number of amides is 1. The average molecular weight is 365 g/mol. The van der Waals surface area contributed by atoms with Crippen molar-refractivity contribution >= 4 is 23.5 Å². The molecule has 1 aromatic carbocycles. The average Bonchev–Trinajstić information content (AvgIpc) is 3.11. The summed E-state index contributed by atoms with van der Waals surface area (Å²) in [6.45, 7) is 2.38. The molecule has 2 atom stereocenters.